The summed E-state index contributed by atoms with van der Waals surface area (Å²) in [5.74, 6) is -0.342. The third kappa shape index (κ3) is 3.17. The number of anilines is 1. The predicted molar refractivity (Wildman–Crippen MR) is 67.4 cm³/mol. The maximum absolute atomic E-state index is 12.6. The maximum atomic E-state index is 12.6. The van der Waals surface area contributed by atoms with Crippen molar-refractivity contribution >= 4 is 5.95 Å². The van der Waals surface area contributed by atoms with E-state index >= 15 is 0 Å². The summed E-state index contributed by atoms with van der Waals surface area (Å²) >= 11 is 0. The van der Waals surface area contributed by atoms with Crippen LogP contribution in [-0.4, -0.2) is 9.97 Å². The second-order valence-corrected chi connectivity index (χ2v) is 4.30. The van der Waals surface area contributed by atoms with Crippen molar-refractivity contribution in [2.75, 3.05) is 5.73 Å². The molecule has 106 valence electrons. The molecule has 0 bridgehead atoms. The SMILES string of the molecule is Cc1ccc(Oc2cc(C(F)(F)F)nc(N)n2)cc1C. The number of halogens is 3. The van der Waals surface area contributed by atoms with Crippen LogP contribution in [0.1, 0.15) is 16.8 Å². The van der Waals surface area contributed by atoms with E-state index in [2.05, 4.69) is 9.97 Å². The first-order valence-electron chi connectivity index (χ1n) is 5.72. The summed E-state index contributed by atoms with van der Waals surface area (Å²) in [6, 6.07) is 5.88. The van der Waals surface area contributed by atoms with Crippen molar-refractivity contribution in [3.05, 3.63) is 41.1 Å². The quantitative estimate of drug-likeness (QED) is 0.916. The number of hydrogen-bond donors (Lipinski definition) is 1. The molecular weight excluding hydrogens is 271 g/mol. The molecule has 4 nitrogen and oxygen atoms in total. The molecule has 0 amide bonds. The van der Waals surface area contributed by atoms with E-state index in [0.29, 0.717) is 11.8 Å². The van der Waals surface area contributed by atoms with Crippen LogP contribution in [0.15, 0.2) is 24.3 Å². The lowest BCUT2D eigenvalue weighted by Gasteiger charge is -2.10. The lowest BCUT2D eigenvalue weighted by molar-refractivity contribution is -0.141. The standard InChI is InChI=1S/C13H12F3N3O/c1-7-3-4-9(5-8(7)2)20-11-6-10(13(14,15)16)18-12(17)19-11/h3-6H,1-2H3,(H2,17,18,19). The van der Waals surface area contributed by atoms with Crippen molar-refractivity contribution < 1.29 is 17.9 Å². The zero-order valence-corrected chi connectivity index (χ0v) is 10.8. The van der Waals surface area contributed by atoms with E-state index < -0.39 is 17.8 Å². The predicted octanol–water partition coefficient (Wildman–Crippen LogP) is 3.49. The van der Waals surface area contributed by atoms with Crippen molar-refractivity contribution in [3.63, 3.8) is 0 Å². The summed E-state index contributed by atoms with van der Waals surface area (Å²) in [6.45, 7) is 3.79. The largest absolute Gasteiger partial charge is 0.439 e. The molecule has 0 aliphatic heterocycles. The Morgan fingerprint density at radius 3 is 2.35 bits per heavy atom. The van der Waals surface area contributed by atoms with Gasteiger partial charge in [-0.15, -0.1) is 0 Å². The Balaban J connectivity index is 2.33. The molecule has 1 heterocycles. The smallest absolute Gasteiger partial charge is 0.433 e. The number of nitrogen functional groups attached to an aromatic ring is 1. The zero-order valence-electron chi connectivity index (χ0n) is 10.8. The van der Waals surface area contributed by atoms with Gasteiger partial charge >= 0.3 is 6.18 Å². The molecule has 2 rings (SSSR count). The molecular formula is C13H12F3N3O. The molecule has 7 heteroatoms. The van der Waals surface area contributed by atoms with Crippen molar-refractivity contribution in [1.82, 2.24) is 9.97 Å². The van der Waals surface area contributed by atoms with Gasteiger partial charge in [0, 0.05) is 6.07 Å². The summed E-state index contributed by atoms with van der Waals surface area (Å²) in [5, 5.41) is 0. The average molecular weight is 283 g/mol. The normalized spacial score (nSPS) is 11.4. The van der Waals surface area contributed by atoms with Crippen LogP contribution in [0.3, 0.4) is 0 Å². The highest BCUT2D eigenvalue weighted by Gasteiger charge is 2.33. The van der Waals surface area contributed by atoms with Gasteiger partial charge in [0.1, 0.15) is 5.75 Å². The zero-order chi connectivity index (χ0) is 14.9. The van der Waals surface area contributed by atoms with Gasteiger partial charge in [0.25, 0.3) is 0 Å². The van der Waals surface area contributed by atoms with Crippen molar-refractivity contribution in [1.29, 1.82) is 0 Å². The van der Waals surface area contributed by atoms with E-state index in [1.807, 2.05) is 13.8 Å². The molecule has 2 N–H and O–H groups in total. The van der Waals surface area contributed by atoms with E-state index in [4.69, 9.17) is 10.5 Å². The minimum Gasteiger partial charge on any atom is -0.439 e. The van der Waals surface area contributed by atoms with E-state index in [1.165, 1.54) is 0 Å². The molecule has 0 radical (unpaired) electrons. The van der Waals surface area contributed by atoms with Gasteiger partial charge < -0.3 is 10.5 Å². The molecule has 0 aliphatic rings. The number of ether oxygens (including phenoxy) is 1. The number of aromatic nitrogens is 2. The maximum Gasteiger partial charge on any atom is 0.433 e. The molecule has 0 spiro atoms. The minimum atomic E-state index is -4.60. The van der Waals surface area contributed by atoms with Gasteiger partial charge in [-0.25, -0.2) is 4.98 Å². The lowest BCUT2D eigenvalue weighted by Crippen LogP contribution is -2.11. The number of nitrogens with zero attached hydrogens (tertiary/aromatic N) is 2. The number of alkyl halides is 3. The summed E-state index contributed by atoms with van der Waals surface area (Å²) in [4.78, 5) is 6.78. The first-order valence-corrected chi connectivity index (χ1v) is 5.72. The van der Waals surface area contributed by atoms with Gasteiger partial charge in [-0.1, -0.05) is 6.07 Å². The fraction of sp³-hybridized carbons (Fsp3) is 0.231. The van der Waals surface area contributed by atoms with Crippen LogP contribution < -0.4 is 10.5 Å². The van der Waals surface area contributed by atoms with Crippen LogP contribution in [0, 0.1) is 13.8 Å². The summed E-state index contributed by atoms with van der Waals surface area (Å²) < 4.78 is 43.1. The fourth-order valence-electron chi connectivity index (χ4n) is 1.54. The Bertz CT molecular complexity index is 641. The first kappa shape index (κ1) is 14.1. The van der Waals surface area contributed by atoms with E-state index in [1.54, 1.807) is 18.2 Å². The van der Waals surface area contributed by atoms with Gasteiger partial charge in [-0.2, -0.15) is 18.2 Å². The fourth-order valence-corrected chi connectivity index (χ4v) is 1.54. The number of benzene rings is 1. The number of rotatable bonds is 2. The number of nitrogens with two attached hydrogens (primary N) is 1. The molecule has 0 saturated carbocycles. The molecule has 1 aromatic heterocycles. The highest BCUT2D eigenvalue weighted by molar-refractivity contribution is 5.37. The summed E-state index contributed by atoms with van der Waals surface area (Å²) in [7, 11) is 0. The minimum absolute atomic E-state index is 0.243. The second-order valence-electron chi connectivity index (χ2n) is 4.30. The monoisotopic (exact) mass is 283 g/mol. The first-order chi connectivity index (χ1) is 9.25. The van der Waals surface area contributed by atoms with Crippen LogP contribution in [-0.2, 0) is 6.18 Å². The molecule has 0 atom stereocenters. The van der Waals surface area contributed by atoms with E-state index in [9.17, 15) is 13.2 Å². The number of hydrogen-bond acceptors (Lipinski definition) is 4. The van der Waals surface area contributed by atoms with Gasteiger partial charge in [-0.05, 0) is 37.1 Å². The van der Waals surface area contributed by atoms with Crippen LogP contribution >= 0.6 is 0 Å². The third-order valence-corrected chi connectivity index (χ3v) is 2.71. The summed E-state index contributed by atoms with van der Waals surface area (Å²) in [6.07, 6.45) is -4.60. The topological polar surface area (TPSA) is 61.0 Å². The van der Waals surface area contributed by atoms with Gasteiger partial charge in [-0.3, -0.25) is 0 Å². The third-order valence-electron chi connectivity index (χ3n) is 2.71. The molecule has 0 fully saturated rings. The van der Waals surface area contributed by atoms with Gasteiger partial charge in [0.05, 0.1) is 0 Å². The van der Waals surface area contributed by atoms with Crippen LogP contribution in [0.25, 0.3) is 0 Å². The molecule has 2 aromatic rings. The van der Waals surface area contributed by atoms with Crippen molar-refractivity contribution in [2.45, 2.75) is 20.0 Å². The van der Waals surface area contributed by atoms with Crippen LogP contribution in [0.5, 0.6) is 11.6 Å². The Labute approximate surface area is 113 Å². The Hall–Kier alpha value is -2.31. The van der Waals surface area contributed by atoms with Gasteiger partial charge in [0.15, 0.2) is 5.69 Å². The molecule has 0 saturated heterocycles. The highest BCUT2D eigenvalue weighted by atomic mass is 19.4. The van der Waals surface area contributed by atoms with Crippen molar-refractivity contribution in [2.24, 2.45) is 0 Å². The number of aryl methyl sites for hydroxylation is 2. The van der Waals surface area contributed by atoms with E-state index in [0.717, 1.165) is 11.1 Å². The molecule has 0 aliphatic carbocycles. The summed E-state index contributed by atoms with van der Waals surface area (Å²) in [5.41, 5.74) is 6.14. The highest BCUT2D eigenvalue weighted by Crippen LogP contribution is 2.31. The Morgan fingerprint density at radius 2 is 1.75 bits per heavy atom. The van der Waals surface area contributed by atoms with E-state index in [-0.39, 0.29) is 5.88 Å². The second kappa shape index (κ2) is 4.99. The van der Waals surface area contributed by atoms with Crippen LogP contribution in [0.4, 0.5) is 19.1 Å². The Morgan fingerprint density at radius 1 is 1.05 bits per heavy atom. The lowest BCUT2D eigenvalue weighted by atomic mass is 10.1. The van der Waals surface area contributed by atoms with Crippen LogP contribution in [0.2, 0.25) is 0 Å². The average Bonchev–Trinajstić information content (AvgIpc) is 2.32. The molecule has 1 aromatic carbocycles. The molecule has 20 heavy (non-hydrogen) atoms. The molecule has 0 unspecified atom stereocenters. The van der Waals surface area contributed by atoms with Crippen molar-refractivity contribution in [3.8, 4) is 11.6 Å². The Kier molecular flexibility index (Phi) is 3.52. The van der Waals surface area contributed by atoms with Gasteiger partial charge in [0.2, 0.25) is 11.8 Å².